The van der Waals surface area contributed by atoms with Gasteiger partial charge in [0.05, 0.1) is 6.54 Å². The van der Waals surface area contributed by atoms with E-state index in [1.165, 1.54) is 77.0 Å². The van der Waals surface area contributed by atoms with E-state index in [9.17, 15) is 4.79 Å². The minimum Gasteiger partial charge on any atom is -0.480 e. The number of carboxylic acids is 1. The number of rotatable bonds is 21. The van der Waals surface area contributed by atoms with Gasteiger partial charge < -0.3 is 21.1 Å². The average molecular weight is 358 g/mol. The van der Waals surface area contributed by atoms with Crippen LogP contribution in [0.5, 0.6) is 0 Å². The predicted molar refractivity (Wildman–Crippen MR) is 107 cm³/mol. The lowest BCUT2D eigenvalue weighted by Crippen LogP contribution is -2.34. The van der Waals surface area contributed by atoms with Crippen LogP contribution in [0.1, 0.15) is 84.0 Å². The molecule has 5 heteroatoms. The second-order valence-electron chi connectivity index (χ2n) is 6.96. The van der Waals surface area contributed by atoms with Crippen LogP contribution in [0.25, 0.3) is 0 Å². The van der Waals surface area contributed by atoms with Gasteiger partial charge in [-0.1, -0.05) is 77.6 Å². The van der Waals surface area contributed by atoms with E-state index in [0.717, 1.165) is 26.2 Å². The van der Waals surface area contributed by atoms with Crippen LogP contribution in [0.2, 0.25) is 0 Å². The minimum absolute atomic E-state index is 0.0406. The average Bonchev–Trinajstić information content (AvgIpc) is 2.60. The lowest BCUT2D eigenvalue weighted by Gasteiger charge is -2.07. The Bertz CT molecular complexity index is 276. The van der Waals surface area contributed by atoms with Gasteiger partial charge in [-0.05, 0) is 13.0 Å². The van der Waals surface area contributed by atoms with Gasteiger partial charge in [0.15, 0.2) is 0 Å². The van der Waals surface area contributed by atoms with Gasteiger partial charge in [0, 0.05) is 26.2 Å². The van der Waals surface area contributed by atoms with E-state index in [1.54, 1.807) is 0 Å². The highest BCUT2D eigenvalue weighted by molar-refractivity contribution is 5.68. The molecular formula is C20H43N3O2. The Morgan fingerprint density at radius 3 is 1.48 bits per heavy atom. The summed E-state index contributed by atoms with van der Waals surface area (Å²) in [5, 5.41) is 18.1. The van der Waals surface area contributed by atoms with E-state index in [-0.39, 0.29) is 6.54 Å². The van der Waals surface area contributed by atoms with Crippen molar-refractivity contribution < 1.29 is 9.90 Å². The number of carbonyl (C=O) groups is 1. The summed E-state index contributed by atoms with van der Waals surface area (Å²) < 4.78 is 0. The van der Waals surface area contributed by atoms with Crippen LogP contribution >= 0.6 is 0 Å². The van der Waals surface area contributed by atoms with Crippen LogP contribution in [0, 0.1) is 0 Å². The summed E-state index contributed by atoms with van der Waals surface area (Å²) in [6.45, 7) is 6.86. The molecule has 0 aromatic carbocycles. The Hall–Kier alpha value is -0.650. The van der Waals surface area contributed by atoms with Gasteiger partial charge in [0.2, 0.25) is 0 Å². The highest BCUT2D eigenvalue weighted by atomic mass is 16.4. The third kappa shape index (κ3) is 23.4. The number of aliphatic carboxylic acids is 1. The first-order valence-electron chi connectivity index (χ1n) is 10.6. The number of hydrogen-bond donors (Lipinski definition) is 4. The molecule has 0 heterocycles. The summed E-state index contributed by atoms with van der Waals surface area (Å²) in [4.78, 5) is 10.3. The molecule has 0 spiro atoms. The van der Waals surface area contributed by atoms with Crippen molar-refractivity contribution in [3.8, 4) is 0 Å². The molecule has 0 aromatic rings. The Kier molecular flexibility index (Phi) is 20.8. The second-order valence-corrected chi connectivity index (χ2v) is 6.96. The fourth-order valence-corrected chi connectivity index (χ4v) is 2.89. The summed E-state index contributed by atoms with van der Waals surface area (Å²) in [5.41, 5.74) is 0. The van der Waals surface area contributed by atoms with E-state index >= 15 is 0 Å². The van der Waals surface area contributed by atoms with Crippen molar-refractivity contribution in [2.75, 3.05) is 39.3 Å². The second kappa shape index (κ2) is 21.4. The van der Waals surface area contributed by atoms with Crippen molar-refractivity contribution in [1.82, 2.24) is 16.0 Å². The molecule has 0 atom stereocenters. The van der Waals surface area contributed by atoms with Crippen molar-refractivity contribution in [2.45, 2.75) is 84.0 Å². The fourth-order valence-electron chi connectivity index (χ4n) is 2.89. The quantitative estimate of drug-likeness (QED) is 0.237. The largest absolute Gasteiger partial charge is 0.480 e. The van der Waals surface area contributed by atoms with Crippen molar-refractivity contribution in [3.63, 3.8) is 0 Å². The molecule has 0 saturated carbocycles. The molecule has 0 bridgehead atoms. The van der Waals surface area contributed by atoms with Crippen LogP contribution in [0.4, 0.5) is 0 Å². The Morgan fingerprint density at radius 2 is 1.00 bits per heavy atom. The molecular weight excluding hydrogens is 314 g/mol. The molecule has 0 aliphatic rings. The van der Waals surface area contributed by atoms with Gasteiger partial charge >= 0.3 is 5.97 Å². The first-order valence-corrected chi connectivity index (χ1v) is 10.6. The first kappa shape index (κ1) is 24.4. The molecule has 150 valence electrons. The maximum atomic E-state index is 10.3. The molecule has 0 rings (SSSR count). The maximum Gasteiger partial charge on any atom is 0.317 e. The van der Waals surface area contributed by atoms with E-state index < -0.39 is 5.97 Å². The standard InChI is InChI=1S/C20H43N3O2/c1-2-3-4-5-6-7-8-9-10-11-12-13-14-21-15-16-22-17-18-23-19-20(24)25/h21-23H,2-19H2,1H3,(H,24,25). The van der Waals surface area contributed by atoms with Crippen molar-refractivity contribution in [3.05, 3.63) is 0 Å². The molecule has 0 saturated heterocycles. The van der Waals surface area contributed by atoms with Gasteiger partial charge in [-0.3, -0.25) is 4.79 Å². The molecule has 0 aliphatic carbocycles. The molecule has 0 fully saturated rings. The summed E-state index contributed by atoms with van der Waals surface area (Å²) in [5.74, 6) is -0.802. The zero-order valence-corrected chi connectivity index (χ0v) is 16.6. The van der Waals surface area contributed by atoms with Gasteiger partial charge in [-0.15, -0.1) is 0 Å². The van der Waals surface area contributed by atoms with Crippen LogP contribution in [0.3, 0.4) is 0 Å². The maximum absolute atomic E-state index is 10.3. The van der Waals surface area contributed by atoms with Crippen LogP contribution in [0.15, 0.2) is 0 Å². The SMILES string of the molecule is CCCCCCCCCCCCCCNCCNCCNCC(=O)O. The topological polar surface area (TPSA) is 73.4 Å². The fraction of sp³-hybridized carbons (Fsp3) is 0.950. The molecule has 0 radical (unpaired) electrons. The monoisotopic (exact) mass is 357 g/mol. The summed E-state index contributed by atoms with van der Waals surface area (Å²) in [6, 6.07) is 0. The smallest absolute Gasteiger partial charge is 0.317 e. The lowest BCUT2D eigenvalue weighted by atomic mass is 10.1. The van der Waals surface area contributed by atoms with Crippen LogP contribution in [-0.4, -0.2) is 50.3 Å². The summed E-state index contributed by atoms with van der Waals surface area (Å²) >= 11 is 0. The van der Waals surface area contributed by atoms with E-state index in [0.29, 0.717) is 6.54 Å². The third-order valence-corrected chi connectivity index (χ3v) is 4.44. The highest BCUT2D eigenvalue weighted by Crippen LogP contribution is 2.11. The Balaban J connectivity index is 2.97. The molecule has 5 nitrogen and oxygen atoms in total. The Labute approximate surface area is 155 Å². The highest BCUT2D eigenvalue weighted by Gasteiger charge is 1.95. The molecule has 25 heavy (non-hydrogen) atoms. The van der Waals surface area contributed by atoms with Crippen molar-refractivity contribution >= 4 is 5.97 Å². The van der Waals surface area contributed by atoms with Gasteiger partial charge in [-0.25, -0.2) is 0 Å². The van der Waals surface area contributed by atoms with Crippen molar-refractivity contribution in [2.24, 2.45) is 0 Å². The zero-order valence-electron chi connectivity index (χ0n) is 16.6. The number of unbranched alkanes of at least 4 members (excludes halogenated alkanes) is 11. The minimum atomic E-state index is -0.802. The van der Waals surface area contributed by atoms with Crippen molar-refractivity contribution in [1.29, 1.82) is 0 Å². The number of hydrogen-bond acceptors (Lipinski definition) is 4. The number of nitrogens with one attached hydrogen (secondary N) is 3. The first-order chi connectivity index (χ1) is 12.3. The lowest BCUT2D eigenvalue weighted by molar-refractivity contribution is -0.135. The molecule has 0 aromatic heterocycles. The van der Waals surface area contributed by atoms with Crippen LogP contribution in [-0.2, 0) is 4.79 Å². The summed E-state index contributed by atoms with van der Waals surface area (Å²) in [7, 11) is 0. The zero-order chi connectivity index (χ0) is 18.4. The van der Waals surface area contributed by atoms with Gasteiger partial charge in [-0.2, -0.15) is 0 Å². The van der Waals surface area contributed by atoms with Crippen LogP contribution < -0.4 is 16.0 Å². The molecule has 4 N–H and O–H groups in total. The molecule has 0 amide bonds. The van der Waals surface area contributed by atoms with E-state index in [1.807, 2.05) is 0 Å². The third-order valence-electron chi connectivity index (χ3n) is 4.44. The number of carboxylic acid groups (broad SMARTS) is 1. The Morgan fingerprint density at radius 1 is 0.600 bits per heavy atom. The van der Waals surface area contributed by atoms with E-state index in [4.69, 9.17) is 5.11 Å². The molecule has 0 unspecified atom stereocenters. The molecule has 0 aliphatic heterocycles. The normalized spacial score (nSPS) is 11.1. The van der Waals surface area contributed by atoms with Gasteiger partial charge in [0.25, 0.3) is 0 Å². The predicted octanol–water partition coefficient (Wildman–Crippen LogP) is 3.54. The summed E-state index contributed by atoms with van der Waals surface area (Å²) in [6.07, 6.45) is 16.7. The van der Waals surface area contributed by atoms with Gasteiger partial charge in [0.1, 0.15) is 0 Å². The van der Waals surface area contributed by atoms with E-state index in [2.05, 4.69) is 22.9 Å².